The second-order valence-electron chi connectivity index (χ2n) is 3.42. The molecule has 0 aliphatic rings. The largest absolute Gasteiger partial charge is 0.382 e. The Morgan fingerprint density at radius 3 is 2.78 bits per heavy atom. The summed E-state index contributed by atoms with van der Waals surface area (Å²) in [5.74, 6) is -0.117. The van der Waals surface area contributed by atoms with Gasteiger partial charge < -0.3 is 16.4 Å². The van der Waals surface area contributed by atoms with E-state index in [2.05, 4.69) is 15.6 Å². The summed E-state index contributed by atoms with van der Waals surface area (Å²) in [4.78, 5) is 16.4. The van der Waals surface area contributed by atoms with E-state index in [9.17, 15) is 4.79 Å². The Labute approximate surface area is 113 Å². The molecule has 0 bridgehead atoms. The van der Waals surface area contributed by atoms with Gasteiger partial charge in [-0.3, -0.25) is 4.79 Å². The molecule has 0 saturated carbocycles. The van der Waals surface area contributed by atoms with E-state index in [1.165, 1.54) is 11.3 Å². The summed E-state index contributed by atoms with van der Waals surface area (Å²) in [5.41, 5.74) is 6.22. The van der Waals surface area contributed by atoms with Gasteiger partial charge in [0.2, 0.25) is 0 Å². The molecule has 0 aliphatic heterocycles. The Balaban J connectivity index is 2.22. The Morgan fingerprint density at radius 2 is 2.17 bits per heavy atom. The molecule has 1 amide bonds. The second-order valence-corrected chi connectivity index (χ2v) is 4.82. The molecule has 5 nitrogen and oxygen atoms in total. The molecule has 4 N–H and O–H groups in total. The van der Waals surface area contributed by atoms with Gasteiger partial charge in [-0.1, -0.05) is 35.1 Å². The lowest BCUT2D eigenvalue weighted by molar-refractivity contribution is 0.103. The van der Waals surface area contributed by atoms with Crippen molar-refractivity contribution in [1.82, 2.24) is 4.98 Å². The van der Waals surface area contributed by atoms with Crippen LogP contribution >= 0.6 is 22.9 Å². The number of amides is 1. The third kappa shape index (κ3) is 2.55. The number of halogens is 1. The highest BCUT2D eigenvalue weighted by Gasteiger charge is 2.16. The van der Waals surface area contributed by atoms with Crippen LogP contribution in [0, 0.1) is 0 Å². The molecule has 0 unspecified atom stereocenters. The Bertz CT molecular complexity index is 584. The lowest BCUT2D eigenvalue weighted by atomic mass is 10.3. The molecule has 0 aliphatic carbocycles. The van der Waals surface area contributed by atoms with Crippen molar-refractivity contribution < 1.29 is 4.79 Å². The second kappa shape index (κ2) is 5.24. The van der Waals surface area contributed by atoms with E-state index in [1.54, 1.807) is 31.3 Å². The van der Waals surface area contributed by atoms with Gasteiger partial charge in [-0.2, -0.15) is 0 Å². The van der Waals surface area contributed by atoms with E-state index in [0.29, 0.717) is 20.7 Å². The lowest BCUT2D eigenvalue weighted by Gasteiger charge is -2.05. The summed E-state index contributed by atoms with van der Waals surface area (Å²) >= 11 is 7.15. The summed E-state index contributed by atoms with van der Waals surface area (Å²) in [7, 11) is 1.72. The molecule has 0 spiro atoms. The average Bonchev–Trinajstić information content (AvgIpc) is 2.73. The maximum absolute atomic E-state index is 12.0. The number of benzene rings is 1. The first kappa shape index (κ1) is 12.7. The van der Waals surface area contributed by atoms with Crippen LogP contribution in [0.5, 0.6) is 0 Å². The summed E-state index contributed by atoms with van der Waals surface area (Å²) in [6, 6.07) is 7.00. The Kier molecular flexibility index (Phi) is 3.69. The highest BCUT2D eigenvalue weighted by Crippen LogP contribution is 2.27. The number of nitrogens with one attached hydrogen (secondary N) is 2. The van der Waals surface area contributed by atoms with Crippen molar-refractivity contribution in [2.24, 2.45) is 0 Å². The molecule has 7 heteroatoms. The number of nitrogen functional groups attached to an aromatic ring is 1. The normalized spacial score (nSPS) is 10.1. The van der Waals surface area contributed by atoms with Crippen LogP contribution in [-0.4, -0.2) is 17.9 Å². The van der Waals surface area contributed by atoms with Gasteiger partial charge in [0.15, 0.2) is 5.13 Å². The van der Waals surface area contributed by atoms with Crippen molar-refractivity contribution in [3.63, 3.8) is 0 Å². The van der Waals surface area contributed by atoms with Crippen molar-refractivity contribution in [1.29, 1.82) is 0 Å². The fourth-order valence-electron chi connectivity index (χ4n) is 1.34. The number of hydrogen-bond acceptors (Lipinski definition) is 5. The first-order valence-electron chi connectivity index (χ1n) is 5.11. The zero-order valence-corrected chi connectivity index (χ0v) is 11.1. The fourth-order valence-corrected chi connectivity index (χ4v) is 2.26. The van der Waals surface area contributed by atoms with Crippen molar-refractivity contribution in [2.45, 2.75) is 0 Å². The van der Waals surface area contributed by atoms with Gasteiger partial charge in [0.25, 0.3) is 5.91 Å². The zero-order chi connectivity index (χ0) is 13.1. The molecule has 1 aromatic carbocycles. The van der Waals surface area contributed by atoms with Crippen molar-refractivity contribution >= 4 is 45.5 Å². The fraction of sp³-hybridized carbons (Fsp3) is 0.0909. The molecule has 0 radical (unpaired) electrons. The number of rotatable bonds is 3. The highest BCUT2D eigenvalue weighted by molar-refractivity contribution is 7.18. The lowest BCUT2D eigenvalue weighted by Crippen LogP contribution is -2.12. The SMILES string of the molecule is CNc1nc(N)c(C(=O)Nc2ccccc2Cl)s1. The molecular formula is C11H11ClN4OS. The molecule has 18 heavy (non-hydrogen) atoms. The summed E-state index contributed by atoms with van der Waals surface area (Å²) in [5, 5.41) is 6.61. The van der Waals surface area contributed by atoms with E-state index in [0.717, 1.165) is 0 Å². The maximum atomic E-state index is 12.0. The minimum absolute atomic E-state index is 0.203. The minimum Gasteiger partial charge on any atom is -0.382 e. The zero-order valence-electron chi connectivity index (χ0n) is 9.53. The van der Waals surface area contributed by atoms with Crippen molar-refractivity contribution in [2.75, 3.05) is 23.4 Å². The van der Waals surface area contributed by atoms with Crippen LogP contribution in [0.15, 0.2) is 24.3 Å². The average molecular weight is 283 g/mol. The molecule has 0 atom stereocenters. The topological polar surface area (TPSA) is 80.0 Å². The molecule has 2 rings (SSSR count). The number of carbonyl (C=O) groups is 1. The van der Waals surface area contributed by atoms with E-state index < -0.39 is 0 Å². The summed E-state index contributed by atoms with van der Waals surface area (Å²) in [6.07, 6.45) is 0. The van der Waals surface area contributed by atoms with Crippen LogP contribution < -0.4 is 16.4 Å². The highest BCUT2D eigenvalue weighted by atomic mass is 35.5. The number of para-hydroxylation sites is 1. The minimum atomic E-state index is -0.320. The standard InChI is InChI=1S/C11H11ClN4OS/c1-14-11-16-9(13)8(18-11)10(17)15-7-5-3-2-4-6(7)12/h2-5H,13H2,1H3,(H,14,16)(H,15,17). The van der Waals surface area contributed by atoms with Gasteiger partial charge in [-0.05, 0) is 12.1 Å². The molecular weight excluding hydrogens is 272 g/mol. The first-order valence-corrected chi connectivity index (χ1v) is 6.31. The number of nitrogens with two attached hydrogens (primary N) is 1. The van der Waals surface area contributed by atoms with E-state index >= 15 is 0 Å². The molecule has 0 saturated heterocycles. The molecule has 94 valence electrons. The van der Waals surface area contributed by atoms with Gasteiger partial charge in [-0.25, -0.2) is 4.98 Å². The number of anilines is 3. The van der Waals surface area contributed by atoms with Crippen LogP contribution in [0.2, 0.25) is 5.02 Å². The number of carbonyl (C=O) groups excluding carboxylic acids is 1. The third-order valence-electron chi connectivity index (χ3n) is 2.20. The first-order chi connectivity index (χ1) is 8.61. The van der Waals surface area contributed by atoms with Crippen LogP contribution in [0.4, 0.5) is 16.6 Å². The van der Waals surface area contributed by atoms with Gasteiger partial charge in [0.1, 0.15) is 10.7 Å². The summed E-state index contributed by atoms with van der Waals surface area (Å²) < 4.78 is 0. The molecule has 1 aromatic heterocycles. The predicted molar refractivity (Wildman–Crippen MR) is 75.5 cm³/mol. The van der Waals surface area contributed by atoms with Crippen LogP contribution in [-0.2, 0) is 0 Å². The maximum Gasteiger partial charge on any atom is 0.269 e. The van der Waals surface area contributed by atoms with Gasteiger partial charge in [-0.15, -0.1) is 0 Å². The van der Waals surface area contributed by atoms with Gasteiger partial charge in [0, 0.05) is 7.05 Å². The molecule has 1 heterocycles. The summed E-state index contributed by atoms with van der Waals surface area (Å²) in [6.45, 7) is 0. The number of hydrogen-bond donors (Lipinski definition) is 3. The van der Waals surface area contributed by atoms with Gasteiger partial charge in [0.05, 0.1) is 10.7 Å². The van der Waals surface area contributed by atoms with Crippen LogP contribution in [0.25, 0.3) is 0 Å². The third-order valence-corrected chi connectivity index (χ3v) is 3.61. The Morgan fingerprint density at radius 1 is 1.44 bits per heavy atom. The van der Waals surface area contributed by atoms with Gasteiger partial charge >= 0.3 is 0 Å². The quantitative estimate of drug-likeness (QED) is 0.808. The van der Waals surface area contributed by atoms with E-state index in [1.807, 2.05) is 0 Å². The number of aromatic nitrogens is 1. The van der Waals surface area contributed by atoms with E-state index in [-0.39, 0.29) is 11.7 Å². The molecule has 0 fully saturated rings. The monoisotopic (exact) mass is 282 g/mol. The van der Waals surface area contributed by atoms with Crippen LogP contribution in [0.3, 0.4) is 0 Å². The van der Waals surface area contributed by atoms with Crippen LogP contribution in [0.1, 0.15) is 9.67 Å². The van der Waals surface area contributed by atoms with Crippen molar-refractivity contribution in [3.8, 4) is 0 Å². The van der Waals surface area contributed by atoms with Crippen molar-refractivity contribution in [3.05, 3.63) is 34.2 Å². The Hall–Kier alpha value is -1.79. The smallest absolute Gasteiger partial charge is 0.269 e. The van der Waals surface area contributed by atoms with E-state index in [4.69, 9.17) is 17.3 Å². The number of thiazole rings is 1. The molecule has 2 aromatic rings. The predicted octanol–water partition coefficient (Wildman–Crippen LogP) is 2.67. The number of nitrogens with zero attached hydrogens (tertiary/aromatic N) is 1.